The number of carbonyl (C=O) groups is 1. The van der Waals surface area contributed by atoms with Crippen LogP contribution in [0.2, 0.25) is 0 Å². The highest BCUT2D eigenvalue weighted by Crippen LogP contribution is 2.27. The van der Waals surface area contributed by atoms with E-state index in [1.165, 1.54) is 38.5 Å². The van der Waals surface area contributed by atoms with Gasteiger partial charge in [-0.15, -0.1) is 0 Å². The smallest absolute Gasteiger partial charge is 0.308 e. The van der Waals surface area contributed by atoms with Gasteiger partial charge in [0.05, 0.1) is 19.1 Å². The summed E-state index contributed by atoms with van der Waals surface area (Å²) in [7, 11) is 0. The van der Waals surface area contributed by atoms with Crippen molar-refractivity contribution in [2.24, 2.45) is 5.92 Å². The van der Waals surface area contributed by atoms with Crippen LogP contribution in [0.5, 0.6) is 0 Å². The van der Waals surface area contributed by atoms with Gasteiger partial charge in [0, 0.05) is 12.6 Å². The highest BCUT2D eigenvalue weighted by atomic mass is 16.5. The van der Waals surface area contributed by atoms with Gasteiger partial charge in [-0.3, -0.25) is 4.79 Å². The third-order valence-corrected chi connectivity index (χ3v) is 3.89. The Kier molecular flexibility index (Phi) is 8.07. The highest BCUT2D eigenvalue weighted by molar-refractivity contribution is 5.69. The van der Waals surface area contributed by atoms with Gasteiger partial charge in [0.2, 0.25) is 0 Å². The van der Waals surface area contributed by atoms with Crippen LogP contribution in [-0.2, 0) is 9.53 Å². The van der Waals surface area contributed by atoms with Crippen LogP contribution in [-0.4, -0.2) is 36.4 Å². The van der Waals surface area contributed by atoms with Gasteiger partial charge in [0.15, 0.2) is 0 Å². The lowest BCUT2D eigenvalue weighted by atomic mass is 9.83. The van der Waals surface area contributed by atoms with Gasteiger partial charge < -0.3 is 15.2 Å². The van der Waals surface area contributed by atoms with Gasteiger partial charge in [-0.1, -0.05) is 19.8 Å². The lowest BCUT2D eigenvalue weighted by Crippen LogP contribution is -2.38. The molecule has 1 unspecified atom stereocenters. The zero-order valence-electron chi connectivity index (χ0n) is 12.4. The second kappa shape index (κ2) is 9.32. The molecule has 1 fully saturated rings. The van der Waals surface area contributed by atoms with Gasteiger partial charge in [0.1, 0.15) is 0 Å². The number of hydrogen-bond acceptors (Lipinski definition) is 4. The fourth-order valence-electron chi connectivity index (χ4n) is 2.85. The molecule has 0 bridgehead atoms. The predicted molar refractivity (Wildman–Crippen MR) is 75.9 cm³/mol. The first kappa shape index (κ1) is 16.4. The minimum Gasteiger partial charge on any atom is -0.466 e. The Labute approximate surface area is 116 Å². The number of ether oxygens (including phenoxy) is 1. The molecule has 4 heteroatoms. The number of hydrogen-bond donors (Lipinski definition) is 2. The SMILES string of the molecule is CCCC1CCC(NCC(O)CC(=O)OCC)CC1. The normalized spacial score (nSPS) is 25.0. The zero-order valence-corrected chi connectivity index (χ0v) is 12.4. The molecule has 4 nitrogen and oxygen atoms in total. The standard InChI is InChI=1S/C15H29NO3/c1-3-5-12-6-8-13(9-7-12)16-11-14(17)10-15(18)19-4-2/h12-14,16-17H,3-11H2,1-2H3. The molecule has 2 N–H and O–H groups in total. The van der Waals surface area contributed by atoms with Gasteiger partial charge >= 0.3 is 5.97 Å². The van der Waals surface area contributed by atoms with E-state index >= 15 is 0 Å². The van der Waals surface area contributed by atoms with Crippen molar-refractivity contribution in [2.75, 3.05) is 13.2 Å². The average molecular weight is 271 g/mol. The van der Waals surface area contributed by atoms with Crippen LogP contribution in [0.3, 0.4) is 0 Å². The number of nitrogens with one attached hydrogen (secondary N) is 1. The summed E-state index contributed by atoms with van der Waals surface area (Å²) in [4.78, 5) is 11.2. The second-order valence-electron chi connectivity index (χ2n) is 5.58. The van der Waals surface area contributed by atoms with Crippen molar-refractivity contribution < 1.29 is 14.6 Å². The first-order chi connectivity index (χ1) is 9.15. The number of carbonyl (C=O) groups excluding carboxylic acids is 1. The van der Waals surface area contributed by atoms with Crippen molar-refractivity contribution >= 4 is 5.97 Å². The lowest BCUT2D eigenvalue weighted by Gasteiger charge is -2.29. The van der Waals surface area contributed by atoms with Gasteiger partial charge in [-0.25, -0.2) is 0 Å². The third-order valence-electron chi connectivity index (χ3n) is 3.89. The van der Waals surface area contributed by atoms with Crippen molar-refractivity contribution in [2.45, 2.75) is 70.9 Å². The van der Waals surface area contributed by atoms with E-state index in [4.69, 9.17) is 4.74 Å². The highest BCUT2D eigenvalue weighted by Gasteiger charge is 2.21. The summed E-state index contributed by atoms with van der Waals surface area (Å²) in [5, 5.41) is 13.1. The molecular formula is C15H29NO3. The largest absolute Gasteiger partial charge is 0.466 e. The maximum Gasteiger partial charge on any atom is 0.308 e. The molecule has 0 spiro atoms. The second-order valence-corrected chi connectivity index (χ2v) is 5.58. The summed E-state index contributed by atoms with van der Waals surface area (Å²) >= 11 is 0. The topological polar surface area (TPSA) is 58.6 Å². The molecule has 1 aliphatic carbocycles. The van der Waals surface area contributed by atoms with Crippen LogP contribution in [0.15, 0.2) is 0 Å². The quantitative estimate of drug-likeness (QED) is 0.665. The fourth-order valence-corrected chi connectivity index (χ4v) is 2.85. The van der Waals surface area contributed by atoms with Crippen molar-refractivity contribution in [3.63, 3.8) is 0 Å². The molecule has 112 valence electrons. The minimum absolute atomic E-state index is 0.0893. The maximum absolute atomic E-state index is 11.2. The van der Waals surface area contributed by atoms with Crippen LogP contribution in [0.25, 0.3) is 0 Å². The summed E-state index contributed by atoms with van der Waals surface area (Å²) < 4.78 is 4.82. The van der Waals surface area contributed by atoms with E-state index in [0.29, 0.717) is 19.2 Å². The van der Waals surface area contributed by atoms with Crippen LogP contribution in [0, 0.1) is 5.92 Å². The molecule has 1 aliphatic rings. The number of aliphatic hydroxyl groups is 1. The van der Waals surface area contributed by atoms with Crippen LogP contribution in [0.1, 0.15) is 58.8 Å². The molecular weight excluding hydrogens is 242 g/mol. The molecule has 19 heavy (non-hydrogen) atoms. The Bertz CT molecular complexity index is 250. The Balaban J connectivity index is 2.11. The summed E-state index contributed by atoms with van der Waals surface area (Å²) in [5.41, 5.74) is 0. The average Bonchev–Trinajstić information content (AvgIpc) is 2.38. The Morgan fingerprint density at radius 2 is 2.00 bits per heavy atom. The van der Waals surface area contributed by atoms with E-state index < -0.39 is 6.10 Å². The summed E-state index contributed by atoms with van der Waals surface area (Å²) in [5.74, 6) is 0.580. The summed E-state index contributed by atoms with van der Waals surface area (Å²) in [6, 6.07) is 0.505. The van der Waals surface area contributed by atoms with Crippen molar-refractivity contribution in [3.05, 3.63) is 0 Å². The molecule has 1 rings (SSSR count). The first-order valence-corrected chi connectivity index (χ1v) is 7.72. The minimum atomic E-state index is -0.632. The molecule has 0 aromatic rings. The molecule has 0 aromatic carbocycles. The first-order valence-electron chi connectivity index (χ1n) is 7.72. The Hall–Kier alpha value is -0.610. The van der Waals surface area contributed by atoms with E-state index in [2.05, 4.69) is 12.2 Å². The predicted octanol–water partition coefficient (Wildman–Crippen LogP) is 2.25. The zero-order chi connectivity index (χ0) is 14.1. The summed E-state index contributed by atoms with van der Waals surface area (Å²) in [6.45, 7) is 4.88. The molecule has 0 heterocycles. The fraction of sp³-hybridized carbons (Fsp3) is 0.933. The Morgan fingerprint density at radius 1 is 1.32 bits per heavy atom. The van der Waals surface area contributed by atoms with Crippen LogP contribution in [0.4, 0.5) is 0 Å². The summed E-state index contributed by atoms with van der Waals surface area (Å²) in [6.07, 6.45) is 7.05. The monoisotopic (exact) mass is 271 g/mol. The van der Waals surface area contributed by atoms with E-state index in [1.54, 1.807) is 6.92 Å². The number of rotatable bonds is 8. The van der Waals surface area contributed by atoms with E-state index in [0.717, 1.165) is 5.92 Å². The third kappa shape index (κ3) is 6.92. The Morgan fingerprint density at radius 3 is 2.58 bits per heavy atom. The maximum atomic E-state index is 11.2. The number of esters is 1. The van der Waals surface area contributed by atoms with Crippen molar-refractivity contribution in [1.29, 1.82) is 0 Å². The molecule has 0 aromatic heterocycles. The molecule has 0 aliphatic heterocycles. The van der Waals surface area contributed by atoms with E-state index in [1.807, 2.05) is 0 Å². The molecule has 1 atom stereocenters. The van der Waals surface area contributed by atoms with E-state index in [9.17, 15) is 9.90 Å². The molecule has 1 saturated carbocycles. The lowest BCUT2D eigenvalue weighted by molar-refractivity contribution is -0.145. The van der Waals surface area contributed by atoms with Crippen LogP contribution >= 0.6 is 0 Å². The van der Waals surface area contributed by atoms with E-state index in [-0.39, 0.29) is 12.4 Å². The van der Waals surface area contributed by atoms with Gasteiger partial charge in [-0.2, -0.15) is 0 Å². The number of aliphatic hydroxyl groups excluding tert-OH is 1. The van der Waals surface area contributed by atoms with Gasteiger partial charge in [-0.05, 0) is 38.5 Å². The van der Waals surface area contributed by atoms with Gasteiger partial charge in [0.25, 0.3) is 0 Å². The van der Waals surface area contributed by atoms with Crippen molar-refractivity contribution in [3.8, 4) is 0 Å². The molecule has 0 radical (unpaired) electrons. The van der Waals surface area contributed by atoms with Crippen molar-refractivity contribution in [1.82, 2.24) is 5.32 Å². The van der Waals surface area contributed by atoms with Crippen LogP contribution < -0.4 is 5.32 Å². The molecule has 0 amide bonds. The molecule has 0 saturated heterocycles.